The molecule has 0 N–H and O–H groups in total. The first-order valence-corrected chi connectivity index (χ1v) is 7.07. The van der Waals surface area contributed by atoms with Gasteiger partial charge in [0, 0.05) is 0 Å². The highest BCUT2D eigenvalue weighted by Gasteiger charge is 2.47. The van der Waals surface area contributed by atoms with Gasteiger partial charge in [-0.2, -0.15) is 5.26 Å². The molecule has 2 nitrogen and oxygen atoms in total. The van der Waals surface area contributed by atoms with Crippen molar-refractivity contribution in [3.63, 3.8) is 0 Å². The van der Waals surface area contributed by atoms with Crippen LogP contribution in [0.3, 0.4) is 0 Å². The summed E-state index contributed by atoms with van der Waals surface area (Å²) in [5.74, 6) is 0. The lowest BCUT2D eigenvalue weighted by Gasteiger charge is -2.46. The highest BCUT2D eigenvalue weighted by molar-refractivity contribution is 5.42. The zero-order valence-corrected chi connectivity index (χ0v) is 12.7. The van der Waals surface area contributed by atoms with Crippen LogP contribution < -0.4 is 0 Å². The highest BCUT2D eigenvalue weighted by Crippen LogP contribution is 2.52. The minimum absolute atomic E-state index is 0.186. The van der Waals surface area contributed by atoms with Crippen LogP contribution in [0, 0.1) is 37.5 Å². The zero-order valence-electron chi connectivity index (χ0n) is 12.7. The second kappa shape index (κ2) is 4.98. The first-order valence-electron chi connectivity index (χ1n) is 7.07. The summed E-state index contributed by atoms with van der Waals surface area (Å²) in [6.45, 7) is 6.49. The summed E-state index contributed by atoms with van der Waals surface area (Å²) in [5.41, 5.74) is 5.11. The van der Waals surface area contributed by atoms with Gasteiger partial charge < -0.3 is 4.90 Å². The number of benzene rings is 1. The van der Waals surface area contributed by atoms with Gasteiger partial charge in [0.25, 0.3) is 0 Å². The van der Waals surface area contributed by atoms with E-state index in [0.717, 1.165) is 12.8 Å². The third kappa shape index (κ3) is 2.28. The maximum Gasteiger partial charge on any atom is 0.0770 e. The van der Waals surface area contributed by atoms with Gasteiger partial charge in [-0.05, 0) is 64.4 Å². The van der Waals surface area contributed by atoms with Gasteiger partial charge in [0.15, 0.2) is 0 Å². The standard InChI is InChI=1S/C17H24N2/c1-12-9-13(2)15(14(3)10-12)16(19(4)5)17(11-18)7-6-8-17/h9-10,16H,6-8H2,1-5H3. The molecular formula is C17H24N2. The van der Waals surface area contributed by atoms with Crippen molar-refractivity contribution < 1.29 is 0 Å². The van der Waals surface area contributed by atoms with Gasteiger partial charge in [0.05, 0.1) is 17.5 Å². The summed E-state index contributed by atoms with van der Waals surface area (Å²) in [5, 5.41) is 9.68. The van der Waals surface area contributed by atoms with Crippen LogP contribution in [0.4, 0.5) is 0 Å². The molecule has 1 fully saturated rings. The van der Waals surface area contributed by atoms with Gasteiger partial charge in [0.1, 0.15) is 0 Å². The molecule has 0 saturated heterocycles. The first-order chi connectivity index (χ1) is 8.91. The Morgan fingerprint density at radius 3 is 2.00 bits per heavy atom. The van der Waals surface area contributed by atoms with Gasteiger partial charge in [-0.25, -0.2) is 0 Å². The normalized spacial score (nSPS) is 18.8. The predicted octanol–water partition coefficient (Wildman–Crippen LogP) is 3.91. The SMILES string of the molecule is Cc1cc(C)c(C(N(C)C)C2(C#N)CCC2)c(C)c1. The molecule has 1 unspecified atom stereocenters. The van der Waals surface area contributed by atoms with E-state index < -0.39 is 0 Å². The van der Waals surface area contributed by atoms with Gasteiger partial charge in [0.2, 0.25) is 0 Å². The Hall–Kier alpha value is -1.33. The molecule has 0 aromatic heterocycles. The Bertz CT molecular complexity index is 496. The van der Waals surface area contributed by atoms with Gasteiger partial charge >= 0.3 is 0 Å². The van der Waals surface area contributed by atoms with E-state index in [0.29, 0.717) is 0 Å². The Labute approximate surface area is 117 Å². The lowest BCUT2D eigenvalue weighted by atomic mass is 9.62. The van der Waals surface area contributed by atoms with E-state index in [9.17, 15) is 5.26 Å². The second-order valence-corrected chi connectivity index (χ2v) is 6.30. The minimum atomic E-state index is -0.186. The van der Waals surface area contributed by atoms with Crippen LogP contribution in [0.25, 0.3) is 0 Å². The van der Waals surface area contributed by atoms with Crippen molar-refractivity contribution >= 4 is 0 Å². The van der Waals surface area contributed by atoms with Crippen LogP contribution >= 0.6 is 0 Å². The fourth-order valence-corrected chi connectivity index (χ4v) is 3.66. The number of hydrogen-bond donors (Lipinski definition) is 0. The number of rotatable bonds is 3. The Kier molecular flexibility index (Phi) is 3.69. The van der Waals surface area contributed by atoms with Crippen molar-refractivity contribution in [3.05, 3.63) is 34.4 Å². The largest absolute Gasteiger partial charge is 0.301 e. The molecule has 1 aliphatic rings. The summed E-state index contributed by atoms with van der Waals surface area (Å²) in [6.07, 6.45) is 3.24. The number of nitrogens with zero attached hydrogens (tertiary/aromatic N) is 2. The van der Waals surface area contributed by atoms with Crippen molar-refractivity contribution in [3.8, 4) is 6.07 Å². The summed E-state index contributed by atoms with van der Waals surface area (Å²) < 4.78 is 0. The molecule has 0 spiro atoms. The van der Waals surface area contributed by atoms with Crippen molar-refractivity contribution in [1.82, 2.24) is 4.90 Å². The Morgan fingerprint density at radius 2 is 1.68 bits per heavy atom. The van der Waals surface area contributed by atoms with E-state index in [2.05, 4.69) is 58.0 Å². The van der Waals surface area contributed by atoms with Crippen LogP contribution in [0.2, 0.25) is 0 Å². The molecule has 0 heterocycles. The molecule has 1 aromatic carbocycles. The molecule has 1 aliphatic carbocycles. The Balaban J connectivity index is 2.56. The van der Waals surface area contributed by atoms with Crippen LogP contribution in [-0.2, 0) is 0 Å². The van der Waals surface area contributed by atoms with E-state index in [-0.39, 0.29) is 11.5 Å². The van der Waals surface area contributed by atoms with Gasteiger partial charge in [-0.3, -0.25) is 0 Å². The van der Waals surface area contributed by atoms with Crippen LogP contribution in [0.5, 0.6) is 0 Å². The van der Waals surface area contributed by atoms with E-state index in [1.54, 1.807) is 0 Å². The van der Waals surface area contributed by atoms with Crippen LogP contribution in [-0.4, -0.2) is 19.0 Å². The van der Waals surface area contributed by atoms with Crippen LogP contribution in [0.15, 0.2) is 12.1 Å². The topological polar surface area (TPSA) is 27.0 Å². The fourth-order valence-electron chi connectivity index (χ4n) is 3.66. The molecule has 0 radical (unpaired) electrons. The molecule has 0 amide bonds. The Morgan fingerprint density at radius 1 is 1.16 bits per heavy atom. The lowest BCUT2D eigenvalue weighted by Crippen LogP contribution is -2.42. The molecule has 2 rings (SSSR count). The smallest absolute Gasteiger partial charge is 0.0770 e. The van der Waals surface area contributed by atoms with Crippen molar-refractivity contribution in [2.75, 3.05) is 14.1 Å². The lowest BCUT2D eigenvalue weighted by molar-refractivity contribution is 0.0740. The quantitative estimate of drug-likeness (QED) is 0.820. The van der Waals surface area contributed by atoms with E-state index in [4.69, 9.17) is 0 Å². The third-order valence-electron chi connectivity index (χ3n) is 4.52. The van der Waals surface area contributed by atoms with E-state index in [1.165, 1.54) is 28.7 Å². The number of aryl methyl sites for hydroxylation is 3. The summed E-state index contributed by atoms with van der Waals surface area (Å²) in [4.78, 5) is 2.23. The molecule has 1 atom stereocenters. The van der Waals surface area contributed by atoms with Crippen molar-refractivity contribution in [2.45, 2.75) is 46.1 Å². The molecule has 1 saturated carbocycles. The first kappa shape index (κ1) is 14.1. The van der Waals surface area contributed by atoms with Gasteiger partial charge in [-0.1, -0.05) is 24.1 Å². The highest BCUT2D eigenvalue weighted by atomic mass is 15.1. The zero-order chi connectivity index (χ0) is 14.2. The molecular weight excluding hydrogens is 232 g/mol. The van der Waals surface area contributed by atoms with Crippen molar-refractivity contribution in [1.29, 1.82) is 5.26 Å². The molecule has 2 heteroatoms. The number of hydrogen-bond acceptors (Lipinski definition) is 2. The summed E-state index contributed by atoms with van der Waals surface area (Å²) in [6, 6.07) is 7.31. The van der Waals surface area contributed by atoms with Crippen LogP contribution in [0.1, 0.15) is 47.6 Å². The molecule has 1 aromatic rings. The van der Waals surface area contributed by atoms with E-state index in [1.807, 2.05) is 0 Å². The fraction of sp³-hybridized carbons (Fsp3) is 0.588. The molecule has 0 bridgehead atoms. The third-order valence-corrected chi connectivity index (χ3v) is 4.52. The second-order valence-electron chi connectivity index (χ2n) is 6.30. The minimum Gasteiger partial charge on any atom is -0.301 e. The summed E-state index contributed by atoms with van der Waals surface area (Å²) >= 11 is 0. The monoisotopic (exact) mass is 256 g/mol. The number of nitriles is 1. The van der Waals surface area contributed by atoms with Gasteiger partial charge in [-0.15, -0.1) is 0 Å². The molecule has 19 heavy (non-hydrogen) atoms. The summed E-state index contributed by atoms with van der Waals surface area (Å²) in [7, 11) is 4.20. The average molecular weight is 256 g/mol. The van der Waals surface area contributed by atoms with E-state index >= 15 is 0 Å². The molecule has 102 valence electrons. The predicted molar refractivity (Wildman–Crippen MR) is 79.0 cm³/mol. The molecule has 0 aliphatic heterocycles. The maximum atomic E-state index is 9.68. The average Bonchev–Trinajstić information content (AvgIpc) is 2.24. The van der Waals surface area contributed by atoms with Crippen molar-refractivity contribution in [2.24, 2.45) is 5.41 Å². The maximum absolute atomic E-state index is 9.68.